The lowest BCUT2D eigenvalue weighted by Gasteiger charge is -2.08. The van der Waals surface area contributed by atoms with Crippen molar-refractivity contribution < 1.29 is 24.0 Å². The predicted octanol–water partition coefficient (Wildman–Crippen LogP) is 1.27. The topological polar surface area (TPSA) is 185 Å². The molecule has 0 aliphatic heterocycles. The van der Waals surface area contributed by atoms with Gasteiger partial charge in [-0.15, -0.1) is 0 Å². The Labute approximate surface area is 194 Å². The summed E-state index contributed by atoms with van der Waals surface area (Å²) >= 11 is 5.67. The first-order valence-electron chi connectivity index (χ1n) is 9.80. The minimum Gasteiger partial charge on any atom is -0.477 e. The lowest BCUT2D eigenvalue weighted by Crippen LogP contribution is -2.14. The van der Waals surface area contributed by atoms with Gasteiger partial charge in [0.2, 0.25) is 0 Å². The third-order valence-electron chi connectivity index (χ3n) is 5.14. The number of benzene rings is 1. The van der Waals surface area contributed by atoms with Crippen LogP contribution >= 0.6 is 11.8 Å². The van der Waals surface area contributed by atoms with Gasteiger partial charge in [-0.25, -0.2) is 28.7 Å². The van der Waals surface area contributed by atoms with Crippen LogP contribution in [0, 0.1) is 0 Å². The molecule has 5 rings (SSSR count). The molecule has 13 nitrogen and oxygen atoms in total. The summed E-state index contributed by atoms with van der Waals surface area (Å²) in [5.41, 5.74) is 2.37. The number of nitrogens with one attached hydrogen (secondary N) is 3. The summed E-state index contributed by atoms with van der Waals surface area (Å²) in [6.07, 6.45) is 1.95. The smallest absolute Gasteiger partial charge is 0.439 e. The Balaban J connectivity index is 0.000000161. The normalized spacial score (nSPS) is 14.4. The molecule has 0 saturated carbocycles. The quantitative estimate of drug-likeness (QED) is 0.241. The van der Waals surface area contributed by atoms with Crippen LogP contribution in [-0.4, -0.2) is 48.9 Å². The number of hydrogen-bond acceptors (Lipinski definition) is 9. The van der Waals surface area contributed by atoms with E-state index in [9.17, 15) is 19.2 Å². The molecule has 34 heavy (non-hydrogen) atoms. The summed E-state index contributed by atoms with van der Waals surface area (Å²) in [6.45, 7) is 0. The highest BCUT2D eigenvalue weighted by Gasteiger charge is 2.22. The first-order chi connectivity index (χ1) is 16.3. The van der Waals surface area contributed by atoms with Crippen molar-refractivity contribution in [1.29, 1.82) is 0 Å². The monoisotopic (exact) mass is 488 g/mol. The largest absolute Gasteiger partial charge is 0.477 e. The second-order valence-electron chi connectivity index (χ2n) is 7.19. The molecule has 0 amide bonds. The lowest BCUT2D eigenvalue weighted by molar-refractivity contribution is 0.0590. The molecule has 0 radical (unpaired) electrons. The number of ether oxygens (including phenoxy) is 1. The van der Waals surface area contributed by atoms with Gasteiger partial charge in [0.25, 0.3) is 5.56 Å². The molecular formula is C20H17ClN6O7. The standard InChI is InChI=1S/C11H10ClN3O2.C9H7N3O5/c12-14-9-4-2-6-5-7(1-3-8(6)9)10-13-11(16)17-15-10;1-17-9(16)5-2-4(8(14)15)10-6-3-7(13)11-12(5)6/h1,3,5,9,14H,2,4H2,(H,13,15,16);2-3H,1H3,(H,11,13)(H,14,15)/t9-;/m0./s1. The van der Waals surface area contributed by atoms with Gasteiger partial charge >= 0.3 is 17.7 Å². The van der Waals surface area contributed by atoms with E-state index in [2.05, 4.69) is 34.3 Å². The number of aromatic nitrogens is 5. The molecule has 4 aromatic rings. The van der Waals surface area contributed by atoms with E-state index in [4.69, 9.17) is 16.9 Å². The van der Waals surface area contributed by atoms with Crippen molar-refractivity contribution in [1.82, 2.24) is 29.6 Å². The van der Waals surface area contributed by atoms with Crippen LogP contribution in [0.5, 0.6) is 0 Å². The zero-order valence-electron chi connectivity index (χ0n) is 17.5. The van der Waals surface area contributed by atoms with Crippen molar-refractivity contribution in [3.8, 4) is 11.4 Å². The number of nitrogens with zero attached hydrogens (tertiary/aromatic N) is 3. The van der Waals surface area contributed by atoms with E-state index in [1.807, 2.05) is 18.2 Å². The van der Waals surface area contributed by atoms with Gasteiger partial charge < -0.3 is 9.84 Å². The van der Waals surface area contributed by atoms with E-state index in [0.29, 0.717) is 5.82 Å². The first-order valence-corrected chi connectivity index (χ1v) is 10.2. The number of fused-ring (bicyclic) bond motifs is 2. The van der Waals surface area contributed by atoms with Crippen LogP contribution in [0.1, 0.15) is 44.6 Å². The van der Waals surface area contributed by atoms with Crippen LogP contribution in [0.3, 0.4) is 0 Å². The van der Waals surface area contributed by atoms with E-state index < -0.39 is 23.3 Å². The zero-order chi connectivity index (χ0) is 24.4. The number of hydrogen-bond donors (Lipinski definition) is 4. The summed E-state index contributed by atoms with van der Waals surface area (Å²) in [5.74, 6) is -2.15. The molecule has 0 spiro atoms. The number of carboxylic acid groups (broad SMARTS) is 1. The highest BCUT2D eigenvalue weighted by Crippen LogP contribution is 2.33. The van der Waals surface area contributed by atoms with Gasteiger partial charge in [0, 0.05) is 23.7 Å². The molecule has 0 bridgehead atoms. The van der Waals surface area contributed by atoms with Crippen molar-refractivity contribution in [2.75, 3.05) is 7.11 Å². The molecule has 1 aliphatic carbocycles. The van der Waals surface area contributed by atoms with Gasteiger partial charge in [-0.3, -0.25) is 19.4 Å². The van der Waals surface area contributed by atoms with Crippen LogP contribution in [0.2, 0.25) is 0 Å². The Morgan fingerprint density at radius 2 is 2.09 bits per heavy atom. The Morgan fingerprint density at radius 1 is 1.29 bits per heavy atom. The Kier molecular flexibility index (Phi) is 6.30. The van der Waals surface area contributed by atoms with Crippen LogP contribution in [0.25, 0.3) is 17.0 Å². The van der Waals surface area contributed by atoms with Crippen LogP contribution in [0.4, 0.5) is 0 Å². The molecule has 0 saturated heterocycles. The van der Waals surface area contributed by atoms with Crippen molar-refractivity contribution >= 4 is 29.4 Å². The van der Waals surface area contributed by atoms with Crippen molar-refractivity contribution in [2.45, 2.75) is 18.9 Å². The van der Waals surface area contributed by atoms with E-state index in [-0.39, 0.29) is 23.1 Å². The average Bonchev–Trinajstić information content (AvgIpc) is 3.54. The Morgan fingerprint density at radius 3 is 2.74 bits per heavy atom. The highest BCUT2D eigenvalue weighted by atomic mass is 35.5. The fraction of sp³-hybridized carbons (Fsp3) is 0.200. The highest BCUT2D eigenvalue weighted by molar-refractivity contribution is 6.13. The molecule has 1 atom stereocenters. The third-order valence-corrected chi connectivity index (χ3v) is 5.40. The SMILES string of the molecule is COC(=O)c1cc(C(=O)O)nc2cc(=O)[nH]n12.O=c1[nH]c(-c2ccc3c(c2)CC[C@@H]3NCl)no1. The first kappa shape index (κ1) is 22.9. The lowest BCUT2D eigenvalue weighted by atomic mass is 10.0. The fourth-order valence-electron chi connectivity index (χ4n) is 3.59. The molecule has 0 fully saturated rings. The summed E-state index contributed by atoms with van der Waals surface area (Å²) in [5, 5.41) is 14.8. The van der Waals surface area contributed by atoms with E-state index >= 15 is 0 Å². The van der Waals surface area contributed by atoms with Crippen LogP contribution < -0.4 is 16.2 Å². The number of aromatic amines is 2. The number of carboxylic acids is 1. The average molecular weight is 489 g/mol. The minimum absolute atomic E-state index is 0.0373. The molecule has 4 N–H and O–H groups in total. The molecule has 0 unspecified atom stereocenters. The second-order valence-corrected chi connectivity index (χ2v) is 7.41. The molecule has 176 valence electrons. The van der Waals surface area contributed by atoms with E-state index in [1.165, 1.54) is 11.1 Å². The van der Waals surface area contributed by atoms with Gasteiger partial charge in [-0.1, -0.05) is 17.3 Å². The van der Waals surface area contributed by atoms with Crippen molar-refractivity contribution in [3.05, 3.63) is 73.8 Å². The fourth-order valence-corrected chi connectivity index (χ4v) is 3.82. The van der Waals surface area contributed by atoms with Crippen molar-refractivity contribution in [3.63, 3.8) is 0 Å². The van der Waals surface area contributed by atoms with Crippen LogP contribution in [-0.2, 0) is 11.2 Å². The number of carbonyl (C=O) groups excluding carboxylic acids is 1. The summed E-state index contributed by atoms with van der Waals surface area (Å²) < 4.78 is 10.0. The maximum atomic E-state index is 11.4. The summed E-state index contributed by atoms with van der Waals surface area (Å²) in [7, 11) is 1.15. The number of methoxy groups -OCH3 is 1. The third kappa shape index (κ3) is 4.46. The maximum absolute atomic E-state index is 11.4. The molecule has 3 heterocycles. The zero-order valence-corrected chi connectivity index (χ0v) is 18.3. The second kappa shape index (κ2) is 9.33. The summed E-state index contributed by atoms with van der Waals surface area (Å²) in [6, 6.07) is 8.23. The predicted molar refractivity (Wildman–Crippen MR) is 117 cm³/mol. The number of carbonyl (C=O) groups is 2. The minimum atomic E-state index is -1.30. The Bertz CT molecular complexity index is 1500. The van der Waals surface area contributed by atoms with Crippen molar-refractivity contribution in [2.24, 2.45) is 0 Å². The van der Waals surface area contributed by atoms with Gasteiger partial charge in [-0.05, 0) is 41.8 Å². The number of halogens is 1. The number of rotatable bonds is 4. The van der Waals surface area contributed by atoms with E-state index in [0.717, 1.165) is 42.2 Å². The molecular weight excluding hydrogens is 472 g/mol. The van der Waals surface area contributed by atoms with Crippen LogP contribution in [0.15, 0.2) is 44.4 Å². The van der Waals surface area contributed by atoms with Gasteiger partial charge in [0.1, 0.15) is 0 Å². The number of H-pyrrole nitrogens is 2. The number of esters is 1. The molecule has 3 aromatic heterocycles. The van der Waals surface area contributed by atoms with Gasteiger partial charge in [0.05, 0.1) is 7.11 Å². The van der Waals surface area contributed by atoms with Gasteiger partial charge in [0.15, 0.2) is 22.9 Å². The Hall–Kier alpha value is -4.23. The number of aryl methyl sites for hydroxylation is 1. The molecule has 1 aliphatic rings. The summed E-state index contributed by atoms with van der Waals surface area (Å²) in [4.78, 5) is 53.2. The number of aromatic carboxylic acids is 1. The van der Waals surface area contributed by atoms with Gasteiger partial charge in [-0.2, -0.15) is 0 Å². The molecule has 14 heteroatoms. The van der Waals surface area contributed by atoms with E-state index in [1.54, 1.807) is 0 Å². The molecule has 1 aromatic carbocycles. The maximum Gasteiger partial charge on any atom is 0.439 e.